The topological polar surface area (TPSA) is 97.8 Å². The van der Waals surface area contributed by atoms with E-state index in [2.05, 4.69) is 10.3 Å². The molecule has 1 N–H and O–H groups in total. The van der Waals surface area contributed by atoms with E-state index in [0.29, 0.717) is 23.1 Å². The Kier molecular flexibility index (Phi) is 3.69. The van der Waals surface area contributed by atoms with Crippen molar-refractivity contribution in [1.82, 2.24) is 15.2 Å². The van der Waals surface area contributed by atoms with E-state index >= 15 is 0 Å². The Hall–Kier alpha value is -2.61. The normalized spacial score (nSPS) is 21.1. The van der Waals surface area contributed by atoms with Crippen molar-refractivity contribution in [3.05, 3.63) is 29.9 Å². The van der Waals surface area contributed by atoms with Crippen LogP contribution in [0.3, 0.4) is 0 Å². The average Bonchev–Trinajstić information content (AvgIpc) is 3.17. The third kappa shape index (κ3) is 2.61. The van der Waals surface area contributed by atoms with Gasteiger partial charge in [0.1, 0.15) is 17.0 Å². The highest BCUT2D eigenvalue weighted by molar-refractivity contribution is 6.06. The fourth-order valence-electron chi connectivity index (χ4n) is 2.51. The van der Waals surface area contributed by atoms with E-state index in [4.69, 9.17) is 13.6 Å². The molecule has 2 aromatic heterocycles. The Morgan fingerprint density at radius 1 is 1.43 bits per heavy atom. The zero-order valence-corrected chi connectivity index (χ0v) is 13.1. The van der Waals surface area contributed by atoms with Crippen molar-refractivity contribution in [2.24, 2.45) is 0 Å². The number of nitrogens with zero attached hydrogens (tertiary/aromatic N) is 2. The largest absolute Gasteiger partial charge is 0.459 e. The molecule has 1 aliphatic rings. The Balaban J connectivity index is 1.82. The molecule has 1 fully saturated rings. The number of ether oxygens (including phenoxy) is 1. The van der Waals surface area contributed by atoms with Crippen LogP contribution in [0.25, 0.3) is 11.7 Å². The summed E-state index contributed by atoms with van der Waals surface area (Å²) < 4.78 is 15.8. The lowest BCUT2D eigenvalue weighted by atomic mass is 10.0. The smallest absolute Gasteiger partial charge is 0.325 e. The maximum absolute atomic E-state index is 12.5. The minimum Gasteiger partial charge on any atom is -0.459 e. The number of carbonyl (C=O) groups is 2. The second-order valence-corrected chi connectivity index (χ2v) is 5.59. The van der Waals surface area contributed by atoms with Gasteiger partial charge in [0.05, 0.1) is 19.4 Å². The number of oxazole rings is 1. The molecule has 23 heavy (non-hydrogen) atoms. The molecule has 0 radical (unpaired) electrons. The number of rotatable bonds is 5. The van der Waals surface area contributed by atoms with Crippen LogP contribution in [-0.2, 0) is 16.1 Å². The molecule has 8 heteroatoms. The Bertz CT molecular complexity index is 736. The van der Waals surface area contributed by atoms with Gasteiger partial charge in [0.2, 0.25) is 0 Å². The van der Waals surface area contributed by atoms with E-state index < -0.39 is 11.6 Å². The maximum Gasteiger partial charge on any atom is 0.325 e. The molecule has 0 aromatic carbocycles. The minimum atomic E-state index is -1.06. The van der Waals surface area contributed by atoms with Crippen molar-refractivity contribution in [3.8, 4) is 11.7 Å². The molecule has 3 rings (SSSR count). The molecule has 2 aromatic rings. The van der Waals surface area contributed by atoms with Crippen LogP contribution in [0.2, 0.25) is 0 Å². The van der Waals surface area contributed by atoms with Gasteiger partial charge < -0.3 is 18.9 Å². The predicted molar refractivity (Wildman–Crippen MR) is 78.3 cm³/mol. The molecular formula is C15H17N3O5. The standard InChI is InChI=1S/C15H17N3O5/c1-9-10(16-12(23-9)11-5-4-6-22-11)7-18-13(19)15(2,8-21-3)17-14(18)20/h4-6H,7-8H2,1-3H3,(H,17,20). The Labute approximate surface area is 132 Å². The van der Waals surface area contributed by atoms with Gasteiger partial charge in [-0.3, -0.25) is 9.69 Å². The molecule has 0 bridgehead atoms. The second kappa shape index (κ2) is 5.54. The van der Waals surface area contributed by atoms with Crippen molar-refractivity contribution < 1.29 is 23.2 Å². The number of amides is 3. The van der Waals surface area contributed by atoms with Gasteiger partial charge in [-0.15, -0.1) is 0 Å². The summed E-state index contributed by atoms with van der Waals surface area (Å²) in [5, 5.41) is 2.64. The fraction of sp³-hybridized carbons (Fsp3) is 0.400. The van der Waals surface area contributed by atoms with Gasteiger partial charge in [-0.1, -0.05) is 0 Å². The van der Waals surface area contributed by atoms with Crippen LogP contribution < -0.4 is 5.32 Å². The molecule has 3 amide bonds. The summed E-state index contributed by atoms with van der Waals surface area (Å²) in [6.45, 7) is 3.48. The number of furan rings is 1. The number of methoxy groups -OCH3 is 1. The summed E-state index contributed by atoms with van der Waals surface area (Å²) >= 11 is 0. The third-order valence-electron chi connectivity index (χ3n) is 3.71. The van der Waals surface area contributed by atoms with Gasteiger partial charge in [-0.2, -0.15) is 0 Å². The summed E-state index contributed by atoms with van der Waals surface area (Å²) in [7, 11) is 1.48. The van der Waals surface area contributed by atoms with Crippen LogP contribution in [0.15, 0.2) is 27.2 Å². The van der Waals surface area contributed by atoms with Gasteiger partial charge in [-0.05, 0) is 26.0 Å². The highest BCUT2D eigenvalue weighted by Gasteiger charge is 2.48. The monoisotopic (exact) mass is 319 g/mol. The van der Waals surface area contributed by atoms with Crippen molar-refractivity contribution >= 4 is 11.9 Å². The van der Waals surface area contributed by atoms with Crippen LogP contribution in [-0.4, -0.2) is 41.1 Å². The molecule has 8 nitrogen and oxygen atoms in total. The number of aryl methyl sites for hydroxylation is 1. The van der Waals surface area contributed by atoms with Crippen LogP contribution >= 0.6 is 0 Å². The fourth-order valence-corrected chi connectivity index (χ4v) is 2.51. The number of hydrogen-bond donors (Lipinski definition) is 1. The number of aromatic nitrogens is 1. The third-order valence-corrected chi connectivity index (χ3v) is 3.71. The Morgan fingerprint density at radius 2 is 2.22 bits per heavy atom. The highest BCUT2D eigenvalue weighted by Crippen LogP contribution is 2.25. The van der Waals surface area contributed by atoms with E-state index in [1.165, 1.54) is 13.4 Å². The van der Waals surface area contributed by atoms with E-state index in [-0.39, 0.29) is 19.1 Å². The van der Waals surface area contributed by atoms with Gasteiger partial charge in [-0.25, -0.2) is 9.78 Å². The molecule has 1 saturated heterocycles. The number of imide groups is 1. The summed E-state index contributed by atoms with van der Waals surface area (Å²) in [4.78, 5) is 30.0. The van der Waals surface area contributed by atoms with Crippen molar-refractivity contribution in [2.75, 3.05) is 13.7 Å². The first-order valence-corrected chi connectivity index (χ1v) is 7.08. The van der Waals surface area contributed by atoms with Crippen LogP contribution in [0.1, 0.15) is 18.4 Å². The van der Waals surface area contributed by atoms with Crippen molar-refractivity contribution in [3.63, 3.8) is 0 Å². The first-order chi connectivity index (χ1) is 10.9. The number of urea groups is 1. The first-order valence-electron chi connectivity index (χ1n) is 7.08. The summed E-state index contributed by atoms with van der Waals surface area (Å²) in [6, 6.07) is 2.97. The molecule has 3 heterocycles. The number of carbonyl (C=O) groups excluding carboxylic acids is 2. The lowest BCUT2D eigenvalue weighted by Gasteiger charge is -2.20. The van der Waals surface area contributed by atoms with E-state index in [1.807, 2.05) is 0 Å². The van der Waals surface area contributed by atoms with Crippen LogP contribution in [0, 0.1) is 6.92 Å². The number of nitrogens with one attached hydrogen (secondary N) is 1. The van der Waals surface area contributed by atoms with E-state index in [9.17, 15) is 9.59 Å². The lowest BCUT2D eigenvalue weighted by Crippen LogP contribution is -2.47. The zero-order valence-electron chi connectivity index (χ0n) is 13.1. The lowest BCUT2D eigenvalue weighted by molar-refractivity contribution is -0.132. The van der Waals surface area contributed by atoms with E-state index in [0.717, 1.165) is 4.90 Å². The highest BCUT2D eigenvalue weighted by atomic mass is 16.5. The summed E-state index contributed by atoms with van der Waals surface area (Å²) in [5.74, 6) is 0.971. The summed E-state index contributed by atoms with van der Waals surface area (Å²) in [6.07, 6.45) is 1.52. The van der Waals surface area contributed by atoms with E-state index in [1.54, 1.807) is 26.0 Å². The molecule has 1 unspecified atom stereocenters. The number of hydrogen-bond acceptors (Lipinski definition) is 6. The molecule has 0 aliphatic carbocycles. The first kappa shape index (κ1) is 15.3. The van der Waals surface area contributed by atoms with Gasteiger partial charge >= 0.3 is 6.03 Å². The SMILES string of the molecule is COCC1(C)NC(=O)N(Cc2nc(-c3ccco3)oc2C)C1=O. The van der Waals surface area contributed by atoms with Gasteiger partial charge in [0.15, 0.2) is 5.76 Å². The second-order valence-electron chi connectivity index (χ2n) is 5.59. The molecular weight excluding hydrogens is 302 g/mol. The van der Waals surface area contributed by atoms with Gasteiger partial charge in [0.25, 0.3) is 11.8 Å². The van der Waals surface area contributed by atoms with Crippen LogP contribution in [0.4, 0.5) is 4.79 Å². The predicted octanol–water partition coefficient (Wildman–Crippen LogP) is 1.70. The minimum absolute atomic E-state index is 0.0278. The maximum atomic E-state index is 12.5. The van der Waals surface area contributed by atoms with Crippen LogP contribution in [0.5, 0.6) is 0 Å². The molecule has 1 atom stereocenters. The quantitative estimate of drug-likeness (QED) is 0.842. The zero-order chi connectivity index (χ0) is 16.6. The molecule has 0 saturated carbocycles. The molecule has 122 valence electrons. The molecule has 0 spiro atoms. The average molecular weight is 319 g/mol. The Morgan fingerprint density at radius 3 is 2.87 bits per heavy atom. The summed E-state index contributed by atoms with van der Waals surface area (Å²) in [5.41, 5.74) is -0.561. The molecule has 1 aliphatic heterocycles. The van der Waals surface area contributed by atoms with Crippen molar-refractivity contribution in [2.45, 2.75) is 25.9 Å². The van der Waals surface area contributed by atoms with Gasteiger partial charge in [0, 0.05) is 7.11 Å². The van der Waals surface area contributed by atoms with Crippen molar-refractivity contribution in [1.29, 1.82) is 0 Å².